The Kier molecular flexibility index (Phi) is 2.58. The number of thiophene rings is 1. The molecular formula is C12H13N3S. The zero-order valence-corrected chi connectivity index (χ0v) is 9.70. The second-order valence-corrected chi connectivity index (χ2v) is 4.98. The number of fused-ring (bicyclic) bond motifs is 1. The van der Waals surface area contributed by atoms with Crippen LogP contribution >= 0.6 is 11.3 Å². The zero-order valence-electron chi connectivity index (χ0n) is 8.89. The third-order valence-electron chi connectivity index (χ3n) is 2.94. The molecule has 1 N–H and O–H groups in total. The maximum Gasteiger partial charge on any atom is 0.144 e. The van der Waals surface area contributed by atoms with E-state index in [2.05, 4.69) is 26.7 Å². The topological polar surface area (TPSA) is 37.8 Å². The first-order chi connectivity index (χ1) is 7.93. The highest BCUT2D eigenvalue weighted by molar-refractivity contribution is 7.10. The maximum absolute atomic E-state index is 4.26. The number of hydrogen-bond donors (Lipinski definition) is 1. The van der Waals surface area contributed by atoms with Gasteiger partial charge in [0.2, 0.25) is 0 Å². The minimum Gasteiger partial charge on any atom is -0.362 e. The van der Waals surface area contributed by atoms with E-state index in [-0.39, 0.29) is 0 Å². The van der Waals surface area contributed by atoms with Crippen molar-refractivity contribution >= 4 is 17.2 Å². The maximum atomic E-state index is 4.26. The summed E-state index contributed by atoms with van der Waals surface area (Å²) in [6.07, 6.45) is 8.86. The molecule has 0 bridgehead atoms. The monoisotopic (exact) mass is 231 g/mol. The summed E-state index contributed by atoms with van der Waals surface area (Å²) >= 11 is 1.86. The van der Waals surface area contributed by atoms with E-state index in [1.54, 1.807) is 18.6 Å². The molecule has 0 radical (unpaired) electrons. The molecule has 4 heteroatoms. The van der Waals surface area contributed by atoms with Crippen LogP contribution in [-0.4, -0.2) is 9.97 Å². The predicted molar refractivity (Wildman–Crippen MR) is 65.7 cm³/mol. The van der Waals surface area contributed by atoms with Crippen LogP contribution in [0.1, 0.15) is 29.3 Å². The molecule has 0 amide bonds. The highest BCUT2D eigenvalue weighted by Crippen LogP contribution is 2.34. The third kappa shape index (κ3) is 1.80. The smallest absolute Gasteiger partial charge is 0.144 e. The van der Waals surface area contributed by atoms with Gasteiger partial charge in [0.15, 0.2) is 0 Å². The van der Waals surface area contributed by atoms with Crippen molar-refractivity contribution in [1.29, 1.82) is 0 Å². The van der Waals surface area contributed by atoms with Crippen molar-refractivity contribution in [3.05, 3.63) is 40.5 Å². The number of nitrogens with one attached hydrogen (secondary N) is 1. The Balaban J connectivity index is 1.83. The fourth-order valence-electron chi connectivity index (χ4n) is 2.19. The van der Waals surface area contributed by atoms with Gasteiger partial charge < -0.3 is 5.32 Å². The third-order valence-corrected chi connectivity index (χ3v) is 3.93. The van der Waals surface area contributed by atoms with E-state index in [0.717, 1.165) is 5.82 Å². The molecule has 82 valence electrons. The molecular weight excluding hydrogens is 218 g/mol. The molecule has 2 heterocycles. The van der Waals surface area contributed by atoms with Gasteiger partial charge in [0.25, 0.3) is 0 Å². The van der Waals surface area contributed by atoms with Gasteiger partial charge in [-0.1, -0.05) is 0 Å². The van der Waals surface area contributed by atoms with Gasteiger partial charge in [-0.15, -0.1) is 11.3 Å². The van der Waals surface area contributed by atoms with E-state index in [9.17, 15) is 0 Å². The summed E-state index contributed by atoms with van der Waals surface area (Å²) in [5.74, 6) is 0.867. The lowest BCUT2D eigenvalue weighted by atomic mass is 9.94. The van der Waals surface area contributed by atoms with E-state index < -0.39 is 0 Å². The molecule has 0 aromatic carbocycles. The first-order valence-corrected chi connectivity index (χ1v) is 6.40. The Hall–Kier alpha value is -1.42. The minimum absolute atomic E-state index is 0.409. The summed E-state index contributed by atoms with van der Waals surface area (Å²) in [5, 5.41) is 5.64. The van der Waals surface area contributed by atoms with Gasteiger partial charge in [-0.05, 0) is 36.3 Å². The van der Waals surface area contributed by atoms with Crippen LogP contribution in [0.3, 0.4) is 0 Å². The second kappa shape index (κ2) is 4.22. The molecule has 0 spiro atoms. The summed E-state index contributed by atoms with van der Waals surface area (Å²) in [4.78, 5) is 9.85. The van der Waals surface area contributed by atoms with Gasteiger partial charge >= 0.3 is 0 Å². The van der Waals surface area contributed by atoms with E-state index in [1.807, 2.05) is 11.3 Å². The average Bonchev–Trinajstić information content (AvgIpc) is 2.80. The number of anilines is 1. The van der Waals surface area contributed by atoms with Gasteiger partial charge in [0.1, 0.15) is 5.82 Å². The van der Waals surface area contributed by atoms with E-state index in [0.29, 0.717) is 6.04 Å². The first-order valence-electron chi connectivity index (χ1n) is 5.52. The molecule has 0 aliphatic heterocycles. The van der Waals surface area contributed by atoms with Gasteiger partial charge in [-0.3, -0.25) is 4.98 Å². The number of aryl methyl sites for hydroxylation is 1. The number of aromatic nitrogens is 2. The quantitative estimate of drug-likeness (QED) is 0.863. The number of nitrogens with zero attached hydrogens (tertiary/aromatic N) is 2. The number of rotatable bonds is 2. The normalized spacial score (nSPS) is 19.1. The molecule has 0 fully saturated rings. The van der Waals surface area contributed by atoms with Gasteiger partial charge in [-0.2, -0.15) is 0 Å². The molecule has 1 atom stereocenters. The molecule has 16 heavy (non-hydrogen) atoms. The largest absolute Gasteiger partial charge is 0.362 e. The lowest BCUT2D eigenvalue weighted by Crippen LogP contribution is -2.16. The summed E-state index contributed by atoms with van der Waals surface area (Å²) in [6, 6.07) is 2.64. The SMILES string of the molecule is c1cnc(NC2CCCc3sccc32)cn1. The Bertz CT molecular complexity index is 466. The van der Waals surface area contributed by atoms with Crippen LogP contribution in [0, 0.1) is 0 Å². The van der Waals surface area contributed by atoms with Gasteiger partial charge in [0.05, 0.1) is 12.2 Å². The van der Waals surface area contributed by atoms with Gasteiger partial charge in [-0.25, -0.2) is 4.98 Å². The van der Waals surface area contributed by atoms with Crippen LogP contribution in [-0.2, 0) is 6.42 Å². The Labute approximate surface area is 98.6 Å². The molecule has 3 rings (SSSR count). The summed E-state index contributed by atoms with van der Waals surface area (Å²) in [6.45, 7) is 0. The van der Waals surface area contributed by atoms with Crippen molar-refractivity contribution in [1.82, 2.24) is 9.97 Å². The molecule has 1 aliphatic carbocycles. The minimum atomic E-state index is 0.409. The molecule has 3 nitrogen and oxygen atoms in total. The van der Waals surface area contributed by atoms with Crippen LogP contribution in [0.2, 0.25) is 0 Å². The summed E-state index contributed by atoms with van der Waals surface area (Å²) in [5.41, 5.74) is 1.45. The van der Waals surface area contributed by atoms with Crippen molar-refractivity contribution in [2.75, 3.05) is 5.32 Å². The highest BCUT2D eigenvalue weighted by atomic mass is 32.1. The summed E-state index contributed by atoms with van der Waals surface area (Å²) < 4.78 is 0. The average molecular weight is 231 g/mol. The standard InChI is InChI=1S/C12H13N3S/c1-2-10(9-4-7-16-11(9)3-1)15-12-8-13-5-6-14-12/h4-8,10H,1-3H2,(H,14,15). The van der Waals surface area contributed by atoms with E-state index >= 15 is 0 Å². The Morgan fingerprint density at radius 2 is 2.38 bits per heavy atom. The molecule has 0 saturated carbocycles. The van der Waals surface area contributed by atoms with Crippen LogP contribution in [0.25, 0.3) is 0 Å². The molecule has 2 aromatic rings. The fraction of sp³-hybridized carbons (Fsp3) is 0.333. The van der Waals surface area contributed by atoms with Crippen molar-refractivity contribution in [3.8, 4) is 0 Å². The van der Waals surface area contributed by atoms with E-state index in [4.69, 9.17) is 0 Å². The molecule has 2 aromatic heterocycles. The fourth-order valence-corrected chi connectivity index (χ4v) is 3.18. The van der Waals surface area contributed by atoms with Crippen molar-refractivity contribution < 1.29 is 0 Å². The molecule has 0 saturated heterocycles. The van der Waals surface area contributed by atoms with Crippen LogP contribution in [0.15, 0.2) is 30.0 Å². The van der Waals surface area contributed by atoms with Crippen molar-refractivity contribution in [2.45, 2.75) is 25.3 Å². The van der Waals surface area contributed by atoms with E-state index in [1.165, 1.54) is 29.7 Å². The lowest BCUT2D eigenvalue weighted by molar-refractivity contribution is 0.606. The van der Waals surface area contributed by atoms with Crippen LogP contribution in [0.5, 0.6) is 0 Å². The Morgan fingerprint density at radius 3 is 3.25 bits per heavy atom. The van der Waals surface area contributed by atoms with Gasteiger partial charge in [0, 0.05) is 17.3 Å². The lowest BCUT2D eigenvalue weighted by Gasteiger charge is -2.23. The van der Waals surface area contributed by atoms with Crippen LogP contribution < -0.4 is 5.32 Å². The Morgan fingerprint density at radius 1 is 1.38 bits per heavy atom. The highest BCUT2D eigenvalue weighted by Gasteiger charge is 2.21. The van der Waals surface area contributed by atoms with Crippen molar-refractivity contribution in [2.24, 2.45) is 0 Å². The van der Waals surface area contributed by atoms with Crippen LogP contribution in [0.4, 0.5) is 5.82 Å². The summed E-state index contributed by atoms with van der Waals surface area (Å²) in [7, 11) is 0. The predicted octanol–water partition coefficient (Wildman–Crippen LogP) is 3.03. The second-order valence-electron chi connectivity index (χ2n) is 3.98. The van der Waals surface area contributed by atoms with Crippen molar-refractivity contribution in [3.63, 3.8) is 0 Å². The zero-order chi connectivity index (χ0) is 10.8. The number of hydrogen-bond acceptors (Lipinski definition) is 4. The molecule has 1 aliphatic rings. The molecule has 1 unspecified atom stereocenters. The first kappa shape index (κ1) is 9.78.